The van der Waals surface area contributed by atoms with Gasteiger partial charge < -0.3 is 14.0 Å². The number of aromatic nitrogens is 1. The molecule has 1 fully saturated rings. The molecule has 1 aromatic heterocycles. The summed E-state index contributed by atoms with van der Waals surface area (Å²) >= 11 is 0. The topological polar surface area (TPSA) is 40.5 Å². The summed E-state index contributed by atoms with van der Waals surface area (Å²) in [5.41, 5.74) is 6.34. The van der Waals surface area contributed by atoms with Crippen molar-refractivity contribution in [3.05, 3.63) is 95.2 Å². The van der Waals surface area contributed by atoms with Crippen molar-refractivity contribution in [2.75, 3.05) is 14.2 Å². The van der Waals surface area contributed by atoms with E-state index >= 15 is 0 Å². The van der Waals surface area contributed by atoms with Crippen molar-refractivity contribution in [3.63, 3.8) is 0 Å². The molecule has 0 unspecified atom stereocenters. The van der Waals surface area contributed by atoms with Crippen molar-refractivity contribution >= 4 is 16.9 Å². The smallest absolute Gasteiger partial charge is 0.338 e. The van der Waals surface area contributed by atoms with Crippen molar-refractivity contribution < 1.29 is 14.3 Å². The van der Waals surface area contributed by atoms with Crippen molar-refractivity contribution in [1.82, 2.24) is 4.57 Å². The maximum Gasteiger partial charge on any atom is 0.338 e. The molecule has 156 valence electrons. The van der Waals surface area contributed by atoms with E-state index in [1.54, 1.807) is 7.11 Å². The van der Waals surface area contributed by atoms with Crippen molar-refractivity contribution in [1.29, 1.82) is 0 Å². The Labute approximate surface area is 182 Å². The first kappa shape index (κ1) is 19.4. The fraction of sp³-hybridized carbons (Fsp3) is 0.222. The predicted molar refractivity (Wildman–Crippen MR) is 122 cm³/mol. The first-order valence-corrected chi connectivity index (χ1v) is 10.6. The van der Waals surface area contributed by atoms with Gasteiger partial charge in [0.1, 0.15) is 5.75 Å². The summed E-state index contributed by atoms with van der Waals surface area (Å²) in [5.74, 6) is 1.19. The maximum absolute atomic E-state index is 12.4. The predicted octanol–water partition coefficient (Wildman–Crippen LogP) is 5.89. The van der Waals surface area contributed by atoms with Gasteiger partial charge in [0.05, 0.1) is 25.3 Å². The van der Waals surface area contributed by atoms with Gasteiger partial charge in [0.15, 0.2) is 0 Å². The Kier molecular flexibility index (Phi) is 4.99. The second-order valence-electron chi connectivity index (χ2n) is 8.14. The molecular formula is C27H25NO3. The van der Waals surface area contributed by atoms with Crippen LogP contribution in [0, 0.1) is 0 Å². The van der Waals surface area contributed by atoms with E-state index in [1.165, 1.54) is 36.5 Å². The van der Waals surface area contributed by atoms with E-state index in [-0.39, 0.29) is 5.97 Å². The highest BCUT2D eigenvalue weighted by Gasteiger charge is 2.25. The van der Waals surface area contributed by atoms with Gasteiger partial charge in [-0.15, -0.1) is 0 Å². The van der Waals surface area contributed by atoms with Gasteiger partial charge in [-0.1, -0.05) is 18.2 Å². The Morgan fingerprint density at radius 1 is 0.968 bits per heavy atom. The van der Waals surface area contributed by atoms with Crippen LogP contribution in [0.4, 0.5) is 0 Å². The van der Waals surface area contributed by atoms with Crippen LogP contribution in [0.25, 0.3) is 16.6 Å². The average molecular weight is 412 g/mol. The van der Waals surface area contributed by atoms with Crippen LogP contribution < -0.4 is 4.74 Å². The largest absolute Gasteiger partial charge is 0.497 e. The molecule has 4 nitrogen and oxygen atoms in total. The molecule has 3 aromatic carbocycles. The first-order chi connectivity index (χ1) is 15.2. The molecule has 1 aliphatic rings. The fourth-order valence-corrected chi connectivity index (χ4v) is 4.21. The third-order valence-electron chi connectivity index (χ3n) is 6.09. The minimum Gasteiger partial charge on any atom is -0.497 e. The number of methoxy groups -OCH3 is 2. The molecule has 0 amide bonds. The molecule has 0 atom stereocenters. The lowest BCUT2D eigenvalue weighted by Gasteiger charge is -2.11. The van der Waals surface area contributed by atoms with Crippen LogP contribution in [0.1, 0.15) is 45.8 Å². The molecule has 1 heterocycles. The SMILES string of the molecule is COC(=O)c1cc(C2CC2)ccc1Cc1ccc2c(ccn2-c2ccc(OC)cc2)c1. The lowest BCUT2D eigenvalue weighted by molar-refractivity contribution is 0.0599. The van der Waals surface area contributed by atoms with E-state index < -0.39 is 0 Å². The molecule has 1 aliphatic carbocycles. The molecule has 0 bridgehead atoms. The Morgan fingerprint density at radius 2 is 1.77 bits per heavy atom. The zero-order valence-electron chi connectivity index (χ0n) is 17.8. The molecule has 0 aliphatic heterocycles. The van der Waals surface area contributed by atoms with E-state index in [2.05, 4.69) is 59.3 Å². The number of esters is 1. The maximum atomic E-state index is 12.4. The van der Waals surface area contributed by atoms with Gasteiger partial charge >= 0.3 is 5.97 Å². The number of nitrogens with zero attached hydrogens (tertiary/aromatic N) is 1. The van der Waals surface area contributed by atoms with Gasteiger partial charge in [-0.05, 0) is 90.4 Å². The van der Waals surface area contributed by atoms with Crippen LogP contribution in [0.3, 0.4) is 0 Å². The molecule has 0 radical (unpaired) electrons. The monoisotopic (exact) mass is 411 g/mol. The highest BCUT2D eigenvalue weighted by molar-refractivity contribution is 5.91. The van der Waals surface area contributed by atoms with Gasteiger partial charge in [0.2, 0.25) is 0 Å². The zero-order chi connectivity index (χ0) is 21.4. The van der Waals surface area contributed by atoms with E-state index in [0.717, 1.165) is 22.5 Å². The summed E-state index contributed by atoms with van der Waals surface area (Å²) in [7, 11) is 3.12. The molecule has 0 spiro atoms. The zero-order valence-corrected chi connectivity index (χ0v) is 17.8. The second kappa shape index (κ2) is 7.95. The number of carbonyl (C=O) groups is 1. The third kappa shape index (κ3) is 3.81. The number of ether oxygens (including phenoxy) is 2. The van der Waals surface area contributed by atoms with Crippen molar-refractivity contribution in [2.45, 2.75) is 25.2 Å². The molecule has 4 aromatic rings. The molecule has 0 saturated heterocycles. The summed E-state index contributed by atoms with van der Waals surface area (Å²) in [6.45, 7) is 0. The minimum absolute atomic E-state index is 0.260. The lowest BCUT2D eigenvalue weighted by atomic mass is 9.96. The van der Waals surface area contributed by atoms with Crippen LogP contribution in [0.2, 0.25) is 0 Å². The third-order valence-corrected chi connectivity index (χ3v) is 6.09. The molecule has 1 saturated carbocycles. The van der Waals surface area contributed by atoms with Crippen molar-refractivity contribution in [2.24, 2.45) is 0 Å². The molecular weight excluding hydrogens is 386 g/mol. The number of hydrogen-bond acceptors (Lipinski definition) is 3. The Bertz CT molecular complexity index is 1250. The van der Waals surface area contributed by atoms with E-state index in [0.29, 0.717) is 17.9 Å². The summed E-state index contributed by atoms with van der Waals surface area (Å²) in [6.07, 6.45) is 5.20. The van der Waals surface area contributed by atoms with Crippen LogP contribution in [0.5, 0.6) is 5.75 Å². The second-order valence-corrected chi connectivity index (χ2v) is 8.14. The lowest BCUT2D eigenvalue weighted by Crippen LogP contribution is -2.07. The summed E-state index contributed by atoms with van der Waals surface area (Å²) < 4.78 is 12.5. The fourth-order valence-electron chi connectivity index (χ4n) is 4.21. The molecule has 0 N–H and O–H groups in total. The Hall–Kier alpha value is -3.53. The van der Waals surface area contributed by atoms with Crippen LogP contribution in [-0.4, -0.2) is 24.8 Å². The van der Waals surface area contributed by atoms with Gasteiger partial charge in [-0.25, -0.2) is 4.79 Å². The highest BCUT2D eigenvalue weighted by atomic mass is 16.5. The standard InChI is InChI=1S/C27H25NO3/c1-30-24-10-8-23(9-11-24)28-14-13-22-16-18(3-12-26(22)28)15-21-7-6-20(19-4-5-19)17-25(21)27(29)31-2/h3,6-14,16-17,19H,4-5,15H2,1-2H3. The number of benzene rings is 3. The first-order valence-electron chi connectivity index (χ1n) is 10.6. The average Bonchev–Trinajstić information content (AvgIpc) is 3.58. The minimum atomic E-state index is -0.260. The van der Waals surface area contributed by atoms with Crippen LogP contribution in [0.15, 0.2) is 72.9 Å². The number of fused-ring (bicyclic) bond motifs is 1. The number of carbonyl (C=O) groups excluding carboxylic acids is 1. The molecule has 31 heavy (non-hydrogen) atoms. The highest BCUT2D eigenvalue weighted by Crippen LogP contribution is 2.40. The van der Waals surface area contributed by atoms with Crippen LogP contribution in [-0.2, 0) is 11.2 Å². The Balaban J connectivity index is 1.45. The molecule has 5 rings (SSSR count). The van der Waals surface area contributed by atoms with Crippen molar-refractivity contribution in [3.8, 4) is 11.4 Å². The van der Waals surface area contributed by atoms with Gasteiger partial charge in [0.25, 0.3) is 0 Å². The Morgan fingerprint density at radius 3 is 2.48 bits per heavy atom. The number of hydrogen-bond donors (Lipinski definition) is 0. The molecule has 4 heteroatoms. The number of rotatable bonds is 6. The van der Waals surface area contributed by atoms with E-state index in [1.807, 2.05) is 18.2 Å². The normalized spacial score (nSPS) is 13.4. The summed E-state index contributed by atoms with van der Waals surface area (Å²) in [5, 5.41) is 1.17. The van der Waals surface area contributed by atoms with Gasteiger partial charge in [0, 0.05) is 17.3 Å². The van der Waals surface area contributed by atoms with E-state index in [9.17, 15) is 4.79 Å². The quantitative estimate of drug-likeness (QED) is 0.371. The van der Waals surface area contributed by atoms with Gasteiger partial charge in [-0.3, -0.25) is 0 Å². The summed E-state index contributed by atoms with van der Waals surface area (Å²) in [6, 6.07) is 22.9. The van der Waals surface area contributed by atoms with Crippen LogP contribution >= 0.6 is 0 Å². The van der Waals surface area contributed by atoms with Gasteiger partial charge in [-0.2, -0.15) is 0 Å². The summed E-state index contributed by atoms with van der Waals surface area (Å²) in [4.78, 5) is 12.4. The van der Waals surface area contributed by atoms with E-state index in [4.69, 9.17) is 9.47 Å².